The third-order valence-corrected chi connectivity index (χ3v) is 12.3. The average Bonchev–Trinajstić information content (AvgIpc) is 3.91. The van der Waals surface area contributed by atoms with Crippen LogP contribution >= 0.6 is 0 Å². The Hall–Kier alpha value is -5.85. The van der Waals surface area contributed by atoms with E-state index in [2.05, 4.69) is 0 Å². The maximum Gasteiger partial charge on any atom is 0.443 e. The number of hydrogen-bond acceptors (Lipinski definition) is 4. The predicted octanol–water partition coefficient (Wildman–Crippen LogP) is 10.2. The molecule has 0 spiro atoms. The van der Waals surface area contributed by atoms with Crippen molar-refractivity contribution < 1.29 is 145 Å². The molecule has 0 aliphatic heterocycles. The first kappa shape index (κ1) is 57.1. The van der Waals surface area contributed by atoms with Gasteiger partial charge in [0.05, 0.1) is 58.7 Å². The Morgan fingerprint density at radius 1 is 0.306 bits per heavy atom. The summed E-state index contributed by atoms with van der Waals surface area (Å²) in [4.78, 5) is 0. The molecule has 2 aromatic heterocycles. The van der Waals surface area contributed by atoms with E-state index in [0.717, 1.165) is 7.53 Å². The molecule has 6 rings (SSSR count). The lowest BCUT2D eigenvalue weighted by atomic mass is 9.12. The molecule has 0 aliphatic carbocycles. The van der Waals surface area contributed by atoms with Gasteiger partial charge in [0.15, 0.2) is 0 Å². The lowest BCUT2D eigenvalue weighted by Crippen LogP contribution is -3.61. The van der Waals surface area contributed by atoms with Crippen LogP contribution in [0.15, 0.2) is 106 Å². The van der Waals surface area contributed by atoms with Gasteiger partial charge in [-0.3, -0.25) is 0 Å². The molecule has 2 heterocycles. The summed E-state index contributed by atoms with van der Waals surface area (Å²) in [5.74, 6) is 1.06. The molecule has 30 heteroatoms. The van der Waals surface area contributed by atoms with Crippen molar-refractivity contribution in [1.82, 2.24) is 0 Å². The van der Waals surface area contributed by atoms with E-state index in [1.54, 1.807) is 26.4 Å². The van der Waals surface area contributed by atoms with E-state index in [4.69, 9.17) is 18.3 Å². The second-order valence-corrected chi connectivity index (χ2v) is 17.5. The monoisotopic (exact) mass is 1180 g/mol. The minimum atomic E-state index is -6.13. The molecule has 392 valence electrons. The van der Waals surface area contributed by atoms with Crippen LogP contribution in [-0.4, -0.2) is 20.4 Å². The third-order valence-electron chi connectivity index (χ3n) is 10.1. The molecule has 0 N–H and O–H groups in total. The zero-order chi connectivity index (χ0) is 54.6. The molecule has 0 saturated heterocycles. The standard InChI is InChI=1S/C32H12BF24.C10H10IO4/c34-25(35,36)13-1-14(26(37,38)39)6-21(5-13)33(22-7-15(27(40,41)42)2-16(8-22)28(43,44)45,23-9-17(29(46,47)48)3-18(10-23)30(49,50)51)24-11-19(31(52,53)54)4-20(12-24)32(55,56)57;1-12-9-5-3-7(14-9)11-8-4-6-10(13-2)15-8/h1-12H;3-6H,1-2H3/q-1;+1. The summed E-state index contributed by atoms with van der Waals surface area (Å²) in [5, 5.41) is 0. The molecule has 0 bridgehead atoms. The van der Waals surface area contributed by atoms with E-state index < -0.39 is 216 Å². The van der Waals surface area contributed by atoms with E-state index in [1.807, 2.05) is 12.1 Å². The van der Waals surface area contributed by atoms with Gasteiger partial charge in [-0.05, 0) is 24.3 Å². The fourth-order valence-corrected chi connectivity index (χ4v) is 8.98. The molecule has 0 amide bonds. The number of benzene rings is 4. The highest BCUT2D eigenvalue weighted by molar-refractivity contribution is 7.20. The topological polar surface area (TPSA) is 44.7 Å². The fraction of sp³-hybridized carbons (Fsp3) is 0.238. The van der Waals surface area contributed by atoms with Gasteiger partial charge in [-0.25, -0.2) is 0 Å². The van der Waals surface area contributed by atoms with Crippen LogP contribution in [0.4, 0.5) is 105 Å². The number of furan rings is 2. The molecule has 0 aliphatic rings. The number of alkyl halides is 24. The zero-order valence-electron chi connectivity index (χ0n) is 34.9. The first-order valence-electron chi connectivity index (χ1n) is 18.9. The zero-order valence-corrected chi connectivity index (χ0v) is 37.1. The lowest BCUT2D eigenvalue weighted by molar-refractivity contribution is -0.636. The highest BCUT2D eigenvalue weighted by atomic mass is 127. The van der Waals surface area contributed by atoms with Gasteiger partial charge in [0.2, 0.25) is 0 Å². The van der Waals surface area contributed by atoms with Crippen LogP contribution in [0.5, 0.6) is 11.9 Å². The van der Waals surface area contributed by atoms with Crippen molar-refractivity contribution in [3.05, 3.63) is 149 Å². The summed E-state index contributed by atoms with van der Waals surface area (Å²) in [6.07, 6.45) is -54.8. The predicted molar refractivity (Wildman–Crippen MR) is 198 cm³/mol. The van der Waals surface area contributed by atoms with Gasteiger partial charge in [-0.1, -0.05) is 48.5 Å². The first-order valence-corrected chi connectivity index (χ1v) is 21.0. The average molecular weight is 1180 g/mol. The maximum atomic E-state index is 14.2. The van der Waals surface area contributed by atoms with Crippen molar-refractivity contribution in [2.45, 2.75) is 49.4 Å². The summed E-state index contributed by atoms with van der Waals surface area (Å²) < 4.78 is 363. The van der Waals surface area contributed by atoms with E-state index in [1.165, 1.54) is 0 Å². The van der Waals surface area contributed by atoms with E-state index in [0.29, 0.717) is 11.9 Å². The van der Waals surface area contributed by atoms with Crippen LogP contribution in [0, 0.1) is 7.53 Å². The van der Waals surface area contributed by atoms with Crippen LogP contribution in [0.3, 0.4) is 0 Å². The SMILES string of the molecule is COc1ccc([I+]c2ccc(OC)o2)o1.FC(F)(F)c1cc([B-](c2cc(C(F)(F)F)cc(C(F)(F)F)c2)(c2cc(C(F)(F)F)cc(C(F)(F)F)c2)c2cc(C(F)(F)F)cc(C(F)(F)F)c2)cc(C(F)(F)F)c1. The Labute approximate surface area is 396 Å². The highest BCUT2D eigenvalue weighted by Crippen LogP contribution is 2.41. The van der Waals surface area contributed by atoms with Crippen LogP contribution in [0.2, 0.25) is 0 Å². The van der Waals surface area contributed by atoms with Gasteiger partial charge >= 0.3 is 78.1 Å². The van der Waals surface area contributed by atoms with E-state index >= 15 is 0 Å². The third kappa shape index (κ3) is 13.0. The molecule has 72 heavy (non-hydrogen) atoms. The van der Waals surface area contributed by atoms with Crippen molar-refractivity contribution >= 4 is 28.0 Å². The Bertz CT molecular complexity index is 2400. The second-order valence-electron chi connectivity index (χ2n) is 14.8. The Balaban J connectivity index is 0.000000542. The number of ether oxygens (including phenoxy) is 2. The van der Waals surface area contributed by atoms with Crippen LogP contribution in [-0.2, 0) is 49.4 Å². The Morgan fingerprint density at radius 3 is 0.625 bits per heavy atom. The number of rotatable bonds is 8. The second kappa shape index (κ2) is 19.5. The number of hydrogen-bond donors (Lipinski definition) is 0. The van der Waals surface area contributed by atoms with Crippen molar-refractivity contribution in [2.75, 3.05) is 14.2 Å². The van der Waals surface area contributed by atoms with Crippen molar-refractivity contribution in [2.24, 2.45) is 0 Å². The molecule has 4 nitrogen and oxygen atoms in total. The summed E-state index contributed by atoms with van der Waals surface area (Å²) in [7, 11) is 3.16. The normalized spacial score (nSPS) is 13.5. The molecular formula is C42H22BF24IO4. The summed E-state index contributed by atoms with van der Waals surface area (Å²) in [6.45, 7) is 0. The molecule has 0 fully saturated rings. The van der Waals surface area contributed by atoms with Gasteiger partial charge < -0.3 is 18.3 Å². The van der Waals surface area contributed by atoms with Crippen molar-refractivity contribution in [1.29, 1.82) is 0 Å². The Kier molecular flexibility index (Phi) is 15.5. The van der Waals surface area contributed by atoms with E-state index in [9.17, 15) is 105 Å². The molecule has 4 aromatic carbocycles. The van der Waals surface area contributed by atoms with E-state index in [-0.39, 0.29) is 0 Å². The smallest absolute Gasteiger partial charge is 0.443 e. The minimum absolute atomic E-state index is 0.435. The molecule has 0 unspecified atom stereocenters. The van der Waals surface area contributed by atoms with Crippen LogP contribution in [0.1, 0.15) is 44.5 Å². The summed E-state index contributed by atoms with van der Waals surface area (Å²) in [6, 6.07) is -1.40. The van der Waals surface area contributed by atoms with Crippen molar-refractivity contribution in [3.63, 3.8) is 0 Å². The quantitative estimate of drug-likeness (QED) is 0.0866. The largest absolute Gasteiger partial charge is 0.468 e. The van der Waals surface area contributed by atoms with Crippen LogP contribution in [0.25, 0.3) is 0 Å². The van der Waals surface area contributed by atoms with Crippen molar-refractivity contribution in [3.8, 4) is 11.9 Å². The lowest BCUT2D eigenvalue weighted by Gasteiger charge is -2.46. The highest BCUT2D eigenvalue weighted by Gasteiger charge is 2.47. The van der Waals surface area contributed by atoms with Crippen LogP contribution < -0.4 is 52.5 Å². The van der Waals surface area contributed by atoms with Gasteiger partial charge in [0.25, 0.3) is 11.9 Å². The molecule has 0 radical (unpaired) electrons. The first-order chi connectivity index (χ1) is 32.6. The molecule has 0 saturated carbocycles. The fourth-order valence-electron chi connectivity index (χ4n) is 7.08. The Morgan fingerprint density at radius 2 is 0.486 bits per heavy atom. The van der Waals surface area contributed by atoms with Gasteiger partial charge in [0, 0.05) is 24.3 Å². The summed E-state index contributed by atoms with van der Waals surface area (Å²) in [5.41, 5.74) is -30.2. The summed E-state index contributed by atoms with van der Waals surface area (Å²) >= 11 is -0.435. The number of methoxy groups -OCH3 is 2. The number of halogens is 25. The van der Waals surface area contributed by atoms with Gasteiger partial charge in [0.1, 0.15) is 6.15 Å². The molecule has 6 aromatic rings. The van der Waals surface area contributed by atoms with Gasteiger partial charge in [-0.15, -0.1) is 0 Å². The minimum Gasteiger partial charge on any atom is -0.468 e. The molecule has 0 atom stereocenters. The van der Waals surface area contributed by atoms with Gasteiger partial charge in [-0.2, -0.15) is 127 Å². The molecular weight excluding hydrogens is 1160 g/mol. The maximum absolute atomic E-state index is 14.2.